The second-order valence-corrected chi connectivity index (χ2v) is 3.73. The summed E-state index contributed by atoms with van der Waals surface area (Å²) in [6.45, 7) is 1.71. The number of nitrogens with two attached hydrogens (primary N) is 3. The van der Waals surface area contributed by atoms with Crippen LogP contribution in [0.25, 0.3) is 0 Å². The molecule has 0 heterocycles. The summed E-state index contributed by atoms with van der Waals surface area (Å²) in [7, 11) is 0. The quantitative estimate of drug-likeness (QED) is 0.617. The molecule has 1 aromatic carbocycles. The summed E-state index contributed by atoms with van der Waals surface area (Å²) in [6, 6.07) is 4.53. The first-order chi connectivity index (χ1) is 7.91. The number of hydrogen-bond donors (Lipinski definition) is 3. The molecule has 0 aliphatic rings. The predicted octanol–water partition coefficient (Wildman–Crippen LogP) is -0.132. The van der Waals surface area contributed by atoms with E-state index in [0.717, 1.165) is 0 Å². The molecule has 0 aliphatic carbocycles. The van der Waals surface area contributed by atoms with Crippen molar-refractivity contribution in [2.45, 2.75) is 6.92 Å². The highest BCUT2D eigenvalue weighted by Crippen LogP contribution is 2.21. The second kappa shape index (κ2) is 5.20. The van der Waals surface area contributed by atoms with Gasteiger partial charge in [0, 0.05) is 5.69 Å². The summed E-state index contributed by atoms with van der Waals surface area (Å²) in [5.41, 5.74) is 16.4. The van der Waals surface area contributed by atoms with Gasteiger partial charge < -0.3 is 21.9 Å². The maximum Gasteiger partial charge on any atom is 0.252 e. The molecule has 0 radical (unpaired) electrons. The molecular formula is C11H15N3O3. The highest BCUT2D eigenvalue weighted by atomic mass is 16.5. The van der Waals surface area contributed by atoms with Gasteiger partial charge in [0.2, 0.25) is 5.91 Å². The van der Waals surface area contributed by atoms with Crippen molar-refractivity contribution in [1.82, 2.24) is 0 Å². The number of ether oxygens (including phenoxy) is 1. The zero-order valence-corrected chi connectivity index (χ0v) is 9.47. The van der Waals surface area contributed by atoms with Crippen molar-refractivity contribution in [2.75, 3.05) is 12.3 Å². The van der Waals surface area contributed by atoms with Gasteiger partial charge in [0.15, 0.2) is 0 Å². The Kier molecular flexibility index (Phi) is 3.92. The first-order valence-corrected chi connectivity index (χ1v) is 5.03. The van der Waals surface area contributed by atoms with Crippen molar-refractivity contribution in [1.29, 1.82) is 0 Å². The number of amides is 2. The Morgan fingerprint density at radius 1 is 1.35 bits per heavy atom. The van der Waals surface area contributed by atoms with E-state index in [1.165, 1.54) is 12.1 Å². The van der Waals surface area contributed by atoms with Crippen molar-refractivity contribution in [3.05, 3.63) is 23.8 Å². The van der Waals surface area contributed by atoms with E-state index in [4.69, 9.17) is 21.9 Å². The predicted molar refractivity (Wildman–Crippen MR) is 63.2 cm³/mol. The minimum atomic E-state index is -0.640. The van der Waals surface area contributed by atoms with Gasteiger partial charge in [-0.05, 0) is 18.2 Å². The number of rotatable bonds is 5. The molecule has 1 rings (SSSR count). The topological polar surface area (TPSA) is 121 Å². The van der Waals surface area contributed by atoms with E-state index in [2.05, 4.69) is 0 Å². The molecule has 0 saturated heterocycles. The molecule has 1 atom stereocenters. The summed E-state index contributed by atoms with van der Waals surface area (Å²) >= 11 is 0. The molecule has 2 amide bonds. The average Bonchev–Trinajstić information content (AvgIpc) is 2.26. The lowest BCUT2D eigenvalue weighted by atomic mass is 10.1. The van der Waals surface area contributed by atoms with E-state index in [1.807, 2.05) is 0 Å². The largest absolute Gasteiger partial charge is 0.492 e. The monoisotopic (exact) mass is 237 g/mol. The van der Waals surface area contributed by atoms with Gasteiger partial charge in [0.1, 0.15) is 5.75 Å². The third-order valence-corrected chi connectivity index (χ3v) is 2.24. The average molecular weight is 237 g/mol. The van der Waals surface area contributed by atoms with Gasteiger partial charge >= 0.3 is 0 Å². The fourth-order valence-electron chi connectivity index (χ4n) is 1.16. The summed E-state index contributed by atoms with van der Waals surface area (Å²) in [5, 5.41) is 0. The molecular weight excluding hydrogens is 222 g/mol. The van der Waals surface area contributed by atoms with Gasteiger partial charge in [-0.2, -0.15) is 0 Å². The normalized spacial score (nSPS) is 11.8. The second-order valence-electron chi connectivity index (χ2n) is 3.73. The van der Waals surface area contributed by atoms with Crippen LogP contribution in [-0.2, 0) is 4.79 Å². The van der Waals surface area contributed by atoms with Crippen LogP contribution in [0.4, 0.5) is 5.69 Å². The molecule has 0 saturated carbocycles. The van der Waals surface area contributed by atoms with Crippen LogP contribution in [0.5, 0.6) is 5.75 Å². The molecule has 0 aromatic heterocycles. The summed E-state index contributed by atoms with van der Waals surface area (Å²) in [5.74, 6) is -1.27. The SMILES string of the molecule is CC(COc1ccc(N)cc1C(N)=O)C(N)=O. The lowest BCUT2D eigenvalue weighted by molar-refractivity contribution is -0.122. The van der Waals surface area contributed by atoms with Crippen molar-refractivity contribution in [2.24, 2.45) is 17.4 Å². The zero-order chi connectivity index (χ0) is 13.0. The minimum Gasteiger partial charge on any atom is -0.492 e. The standard InChI is InChI=1S/C11H15N3O3/c1-6(10(13)15)5-17-9-3-2-7(12)4-8(9)11(14)16/h2-4,6H,5,12H2,1H3,(H2,13,15)(H2,14,16). The third kappa shape index (κ3) is 3.37. The van der Waals surface area contributed by atoms with Crippen LogP contribution in [0, 0.1) is 5.92 Å². The van der Waals surface area contributed by atoms with Crippen molar-refractivity contribution >= 4 is 17.5 Å². The van der Waals surface area contributed by atoms with Crippen LogP contribution < -0.4 is 21.9 Å². The number of benzene rings is 1. The van der Waals surface area contributed by atoms with E-state index in [0.29, 0.717) is 11.4 Å². The number of primary amides is 2. The molecule has 1 aromatic rings. The van der Waals surface area contributed by atoms with Gasteiger partial charge in [-0.25, -0.2) is 0 Å². The van der Waals surface area contributed by atoms with E-state index >= 15 is 0 Å². The minimum absolute atomic E-state index is 0.0829. The van der Waals surface area contributed by atoms with E-state index < -0.39 is 17.7 Å². The highest BCUT2D eigenvalue weighted by molar-refractivity contribution is 5.96. The number of carbonyl (C=O) groups is 2. The van der Waals surface area contributed by atoms with Gasteiger partial charge in [-0.3, -0.25) is 9.59 Å². The van der Waals surface area contributed by atoms with Gasteiger partial charge in [0.25, 0.3) is 5.91 Å². The van der Waals surface area contributed by atoms with Crippen LogP contribution >= 0.6 is 0 Å². The van der Waals surface area contributed by atoms with Crippen LogP contribution in [0.15, 0.2) is 18.2 Å². The summed E-state index contributed by atoms with van der Waals surface area (Å²) in [4.78, 5) is 22.0. The fourth-order valence-corrected chi connectivity index (χ4v) is 1.16. The smallest absolute Gasteiger partial charge is 0.252 e. The number of anilines is 1. The van der Waals surface area contributed by atoms with Crippen LogP contribution in [0.2, 0.25) is 0 Å². The molecule has 17 heavy (non-hydrogen) atoms. The fraction of sp³-hybridized carbons (Fsp3) is 0.273. The first kappa shape index (κ1) is 12.8. The van der Waals surface area contributed by atoms with E-state index in [9.17, 15) is 9.59 Å². The molecule has 92 valence electrons. The Balaban J connectivity index is 2.84. The molecule has 6 N–H and O–H groups in total. The molecule has 6 heteroatoms. The summed E-state index contributed by atoms with van der Waals surface area (Å²) in [6.07, 6.45) is 0. The zero-order valence-electron chi connectivity index (χ0n) is 9.47. The Labute approximate surface area is 98.7 Å². The van der Waals surface area contributed by atoms with Crippen molar-refractivity contribution < 1.29 is 14.3 Å². The van der Waals surface area contributed by atoms with Crippen LogP contribution in [-0.4, -0.2) is 18.4 Å². The lowest BCUT2D eigenvalue weighted by Crippen LogP contribution is -2.26. The molecule has 0 aliphatic heterocycles. The van der Waals surface area contributed by atoms with Crippen LogP contribution in [0.3, 0.4) is 0 Å². The molecule has 6 nitrogen and oxygen atoms in total. The Bertz CT molecular complexity index is 446. The number of carbonyl (C=O) groups excluding carboxylic acids is 2. The Morgan fingerprint density at radius 3 is 2.53 bits per heavy atom. The number of nitrogen functional groups attached to an aromatic ring is 1. The third-order valence-electron chi connectivity index (χ3n) is 2.24. The first-order valence-electron chi connectivity index (χ1n) is 5.03. The Morgan fingerprint density at radius 2 is 2.00 bits per heavy atom. The Hall–Kier alpha value is -2.24. The van der Waals surface area contributed by atoms with Crippen LogP contribution in [0.1, 0.15) is 17.3 Å². The van der Waals surface area contributed by atoms with Gasteiger partial charge in [0.05, 0.1) is 18.1 Å². The molecule has 0 spiro atoms. The maximum atomic E-state index is 11.1. The highest BCUT2D eigenvalue weighted by Gasteiger charge is 2.13. The van der Waals surface area contributed by atoms with Gasteiger partial charge in [-0.15, -0.1) is 0 Å². The summed E-state index contributed by atoms with van der Waals surface area (Å²) < 4.78 is 5.32. The lowest BCUT2D eigenvalue weighted by Gasteiger charge is -2.12. The maximum absolute atomic E-state index is 11.1. The van der Waals surface area contributed by atoms with Crippen molar-refractivity contribution in [3.8, 4) is 5.75 Å². The molecule has 0 bridgehead atoms. The van der Waals surface area contributed by atoms with E-state index in [1.54, 1.807) is 13.0 Å². The number of hydrogen-bond acceptors (Lipinski definition) is 4. The molecule has 0 fully saturated rings. The van der Waals surface area contributed by atoms with E-state index in [-0.39, 0.29) is 12.2 Å². The molecule has 1 unspecified atom stereocenters. The van der Waals surface area contributed by atoms with Gasteiger partial charge in [-0.1, -0.05) is 6.92 Å². The van der Waals surface area contributed by atoms with Crippen molar-refractivity contribution in [3.63, 3.8) is 0 Å².